The molecule has 196 valence electrons. The van der Waals surface area contributed by atoms with E-state index in [9.17, 15) is 18.0 Å². The number of anilines is 3. The minimum atomic E-state index is -3.92. The van der Waals surface area contributed by atoms with Gasteiger partial charge in [0.15, 0.2) is 0 Å². The van der Waals surface area contributed by atoms with Gasteiger partial charge in [-0.2, -0.15) is 0 Å². The smallest absolute Gasteiger partial charge is 0.339 e. The van der Waals surface area contributed by atoms with E-state index in [4.69, 9.17) is 9.26 Å². The van der Waals surface area contributed by atoms with Gasteiger partial charge in [-0.15, -0.1) is 0 Å². The van der Waals surface area contributed by atoms with Gasteiger partial charge in [-0.3, -0.25) is 4.79 Å². The highest BCUT2D eigenvalue weighted by molar-refractivity contribution is 7.92. The molecule has 0 aliphatic rings. The SMILES string of the molecule is COC(=O)c1cc(C(=O)Nc2ccc(S(=O)(=O)Nc3onc(C)c3C)cc2)ccc1NCc1ccccc1. The highest BCUT2D eigenvalue weighted by atomic mass is 32.2. The zero-order valence-electron chi connectivity index (χ0n) is 20.9. The zero-order chi connectivity index (χ0) is 27.3. The van der Waals surface area contributed by atoms with Crippen molar-refractivity contribution in [1.29, 1.82) is 0 Å². The van der Waals surface area contributed by atoms with Gasteiger partial charge in [-0.1, -0.05) is 35.5 Å². The van der Waals surface area contributed by atoms with Crippen LogP contribution in [0.15, 0.2) is 82.2 Å². The molecule has 11 heteroatoms. The first-order valence-corrected chi connectivity index (χ1v) is 13.0. The average molecular weight is 535 g/mol. The van der Waals surface area contributed by atoms with Crippen molar-refractivity contribution in [2.45, 2.75) is 25.3 Å². The van der Waals surface area contributed by atoms with Gasteiger partial charge in [0.25, 0.3) is 15.9 Å². The molecule has 0 fully saturated rings. The largest absolute Gasteiger partial charge is 0.465 e. The molecule has 10 nitrogen and oxygen atoms in total. The van der Waals surface area contributed by atoms with E-state index < -0.39 is 21.9 Å². The van der Waals surface area contributed by atoms with Crippen molar-refractivity contribution in [3.8, 4) is 0 Å². The standard InChI is InChI=1S/C27H26N4O6S/c1-17-18(2)30-37-26(17)31-38(34,35)22-12-10-21(11-13-22)29-25(32)20-9-14-24(23(15-20)27(33)36-3)28-16-19-7-5-4-6-8-19/h4-15,28,31H,16H2,1-3H3,(H,29,32). The Hall–Kier alpha value is -4.64. The summed E-state index contributed by atoms with van der Waals surface area (Å²) < 4.78 is 37.7. The minimum Gasteiger partial charge on any atom is -0.465 e. The second-order valence-electron chi connectivity index (χ2n) is 8.40. The van der Waals surface area contributed by atoms with Crippen molar-refractivity contribution >= 4 is 39.2 Å². The number of sulfonamides is 1. The lowest BCUT2D eigenvalue weighted by molar-refractivity contribution is 0.0601. The lowest BCUT2D eigenvalue weighted by Gasteiger charge is -2.13. The highest BCUT2D eigenvalue weighted by Gasteiger charge is 2.20. The van der Waals surface area contributed by atoms with Crippen LogP contribution >= 0.6 is 0 Å². The van der Waals surface area contributed by atoms with E-state index in [0.29, 0.717) is 29.2 Å². The van der Waals surface area contributed by atoms with Gasteiger partial charge in [0.1, 0.15) is 0 Å². The molecule has 38 heavy (non-hydrogen) atoms. The number of benzene rings is 3. The van der Waals surface area contributed by atoms with Crippen molar-refractivity contribution in [3.63, 3.8) is 0 Å². The molecule has 0 aliphatic heterocycles. The Kier molecular flexibility index (Phi) is 7.77. The normalized spacial score (nSPS) is 11.0. The molecular formula is C27H26N4O6S. The van der Waals surface area contributed by atoms with Crippen LogP contribution in [0.25, 0.3) is 0 Å². The molecule has 0 radical (unpaired) electrons. The second-order valence-corrected chi connectivity index (χ2v) is 10.1. The fourth-order valence-corrected chi connectivity index (χ4v) is 4.57. The molecule has 0 spiro atoms. The van der Waals surface area contributed by atoms with E-state index >= 15 is 0 Å². The fraction of sp³-hybridized carbons (Fsp3) is 0.148. The van der Waals surface area contributed by atoms with Gasteiger partial charge >= 0.3 is 5.97 Å². The first-order chi connectivity index (χ1) is 18.2. The number of carbonyl (C=O) groups excluding carboxylic acids is 2. The number of aromatic nitrogens is 1. The molecule has 1 amide bonds. The van der Waals surface area contributed by atoms with Crippen LogP contribution in [0.3, 0.4) is 0 Å². The number of hydrogen-bond acceptors (Lipinski definition) is 8. The van der Waals surface area contributed by atoms with Crippen molar-refractivity contribution in [3.05, 3.63) is 101 Å². The summed E-state index contributed by atoms with van der Waals surface area (Å²) in [5.74, 6) is -1.02. The average Bonchev–Trinajstić information content (AvgIpc) is 3.23. The Labute approximate surface area is 220 Å². The maximum absolute atomic E-state index is 12.9. The molecule has 3 aromatic carbocycles. The molecule has 0 atom stereocenters. The van der Waals surface area contributed by atoms with E-state index in [1.54, 1.807) is 26.0 Å². The van der Waals surface area contributed by atoms with Gasteiger partial charge in [0, 0.05) is 29.0 Å². The lowest BCUT2D eigenvalue weighted by atomic mass is 10.1. The van der Waals surface area contributed by atoms with Crippen molar-refractivity contribution < 1.29 is 27.3 Å². The number of hydrogen-bond donors (Lipinski definition) is 3. The Morgan fingerprint density at radius 1 is 0.974 bits per heavy atom. The number of methoxy groups -OCH3 is 1. The summed E-state index contributed by atoms with van der Waals surface area (Å²) in [4.78, 5) is 25.3. The molecule has 0 saturated carbocycles. The number of ether oxygens (including phenoxy) is 1. The number of nitrogens with one attached hydrogen (secondary N) is 3. The number of carbonyl (C=O) groups is 2. The molecule has 0 aliphatic carbocycles. The molecule has 0 unspecified atom stereocenters. The first-order valence-electron chi connectivity index (χ1n) is 11.5. The van der Waals surface area contributed by atoms with E-state index in [1.807, 2.05) is 30.3 Å². The Morgan fingerprint density at radius 3 is 2.32 bits per heavy atom. The molecule has 1 heterocycles. The highest BCUT2D eigenvalue weighted by Crippen LogP contribution is 2.24. The molecule has 0 bridgehead atoms. The van der Waals surface area contributed by atoms with Crippen LogP contribution in [0, 0.1) is 13.8 Å². The van der Waals surface area contributed by atoms with Gasteiger partial charge in [-0.05, 0) is 61.9 Å². The van der Waals surface area contributed by atoms with Crippen molar-refractivity contribution in [1.82, 2.24) is 5.16 Å². The van der Waals surface area contributed by atoms with Crippen molar-refractivity contribution in [2.75, 3.05) is 22.5 Å². The number of esters is 1. The predicted molar refractivity (Wildman–Crippen MR) is 143 cm³/mol. The second kappa shape index (κ2) is 11.2. The third-order valence-electron chi connectivity index (χ3n) is 5.82. The summed E-state index contributed by atoms with van der Waals surface area (Å²) in [7, 11) is -2.65. The first kappa shape index (κ1) is 26.4. The van der Waals surface area contributed by atoms with Crippen LogP contribution in [0.4, 0.5) is 17.3 Å². The number of nitrogens with zero attached hydrogens (tertiary/aromatic N) is 1. The summed E-state index contributed by atoms with van der Waals surface area (Å²) in [6.07, 6.45) is 0. The summed E-state index contributed by atoms with van der Waals surface area (Å²) in [6, 6.07) is 20.0. The molecule has 4 aromatic rings. The van der Waals surface area contributed by atoms with Crippen LogP contribution in [-0.4, -0.2) is 32.6 Å². The Morgan fingerprint density at radius 2 is 1.68 bits per heavy atom. The molecule has 4 rings (SSSR count). The van der Waals surface area contributed by atoms with Gasteiger partial charge < -0.3 is 19.9 Å². The summed E-state index contributed by atoms with van der Waals surface area (Å²) in [5.41, 5.74) is 3.52. The number of aryl methyl sites for hydroxylation is 1. The maximum Gasteiger partial charge on any atom is 0.339 e. The third kappa shape index (κ3) is 6.01. The predicted octanol–water partition coefficient (Wildman–Crippen LogP) is 4.74. The van der Waals surface area contributed by atoms with Crippen LogP contribution in [-0.2, 0) is 21.3 Å². The lowest BCUT2D eigenvalue weighted by Crippen LogP contribution is -2.15. The number of rotatable bonds is 9. The van der Waals surface area contributed by atoms with Crippen LogP contribution in [0.1, 0.15) is 37.5 Å². The van der Waals surface area contributed by atoms with Gasteiger partial charge in [0.05, 0.1) is 23.3 Å². The van der Waals surface area contributed by atoms with E-state index in [1.165, 1.54) is 37.4 Å². The minimum absolute atomic E-state index is 0.0224. The zero-order valence-corrected chi connectivity index (χ0v) is 21.8. The number of amides is 1. The molecule has 0 saturated heterocycles. The summed E-state index contributed by atoms with van der Waals surface area (Å²) in [6.45, 7) is 3.88. The van der Waals surface area contributed by atoms with Crippen molar-refractivity contribution in [2.24, 2.45) is 0 Å². The summed E-state index contributed by atoms with van der Waals surface area (Å²) in [5, 5.41) is 9.64. The summed E-state index contributed by atoms with van der Waals surface area (Å²) >= 11 is 0. The Bertz CT molecular complexity index is 1570. The molecular weight excluding hydrogens is 508 g/mol. The fourth-order valence-electron chi connectivity index (χ4n) is 3.52. The van der Waals surface area contributed by atoms with E-state index in [2.05, 4.69) is 20.5 Å². The van der Waals surface area contributed by atoms with Crippen LogP contribution in [0.5, 0.6) is 0 Å². The quantitative estimate of drug-likeness (QED) is 0.262. The third-order valence-corrected chi connectivity index (χ3v) is 7.17. The van der Waals surface area contributed by atoms with E-state index in [0.717, 1.165) is 5.56 Å². The van der Waals surface area contributed by atoms with E-state index in [-0.39, 0.29) is 21.9 Å². The molecule has 3 N–H and O–H groups in total. The van der Waals surface area contributed by atoms with Crippen LogP contribution in [0.2, 0.25) is 0 Å². The molecule has 1 aromatic heterocycles. The topological polar surface area (TPSA) is 140 Å². The maximum atomic E-state index is 12.9. The van der Waals surface area contributed by atoms with Gasteiger partial charge in [-0.25, -0.2) is 17.9 Å². The Balaban J connectivity index is 1.47. The van der Waals surface area contributed by atoms with Gasteiger partial charge in [0.2, 0.25) is 5.88 Å². The monoisotopic (exact) mass is 534 g/mol. The van der Waals surface area contributed by atoms with Crippen LogP contribution < -0.4 is 15.4 Å².